The van der Waals surface area contributed by atoms with E-state index < -0.39 is 23.8 Å². The number of hydrogen-bond acceptors (Lipinski definition) is 12. The average molecular weight is 869 g/mol. The van der Waals surface area contributed by atoms with Crippen molar-refractivity contribution < 1.29 is 48.3 Å². The van der Waals surface area contributed by atoms with E-state index >= 15 is 0 Å². The molecule has 0 spiro atoms. The number of unbranched alkanes of at least 4 members (excludes halogenated alkanes) is 2. The second kappa shape index (κ2) is 21.9. The Labute approximate surface area is 369 Å². The summed E-state index contributed by atoms with van der Waals surface area (Å²) in [5.41, 5.74) is 3.43. The first-order chi connectivity index (χ1) is 30.4. The van der Waals surface area contributed by atoms with Crippen LogP contribution in [-0.4, -0.2) is 91.4 Å². The average Bonchev–Trinajstić information content (AvgIpc) is 3.77. The van der Waals surface area contributed by atoms with Gasteiger partial charge in [0, 0.05) is 48.3 Å². The highest BCUT2D eigenvalue weighted by Gasteiger charge is 2.65. The Bertz CT molecular complexity index is 2040. The second-order valence-electron chi connectivity index (χ2n) is 16.0. The van der Waals surface area contributed by atoms with Crippen molar-refractivity contribution in [3.05, 3.63) is 115 Å². The van der Waals surface area contributed by atoms with Gasteiger partial charge in [0.25, 0.3) is 0 Å². The van der Waals surface area contributed by atoms with E-state index in [1.807, 2.05) is 48.5 Å². The van der Waals surface area contributed by atoms with E-state index in [4.69, 9.17) is 38.4 Å². The predicted octanol–water partition coefficient (Wildman–Crippen LogP) is 9.06. The third kappa shape index (κ3) is 10.1. The lowest BCUT2D eigenvalue weighted by Crippen LogP contribution is -2.70. The second-order valence-corrected chi connectivity index (χ2v) is 17.1. The number of nitrogens with zero attached hydrogens (tertiary/aromatic N) is 2. The minimum absolute atomic E-state index is 0.0663. The fourth-order valence-corrected chi connectivity index (χ4v) is 10.3. The van der Waals surface area contributed by atoms with Crippen LogP contribution in [0, 0.1) is 17.8 Å². The van der Waals surface area contributed by atoms with Gasteiger partial charge >= 0.3 is 6.09 Å². The summed E-state index contributed by atoms with van der Waals surface area (Å²) in [6.45, 7) is 9.11. The van der Waals surface area contributed by atoms with Crippen molar-refractivity contribution in [1.82, 2.24) is 4.90 Å². The lowest BCUT2D eigenvalue weighted by molar-refractivity contribution is -0.256. The van der Waals surface area contributed by atoms with Crippen LogP contribution in [0.5, 0.6) is 23.0 Å². The molecular weight excluding hydrogens is 809 g/mol. The molecule has 13 heteroatoms. The van der Waals surface area contributed by atoms with Crippen LogP contribution in [-0.2, 0) is 20.9 Å². The molecule has 2 aliphatic heterocycles. The van der Waals surface area contributed by atoms with Gasteiger partial charge in [-0.3, -0.25) is 4.90 Å². The van der Waals surface area contributed by atoms with Gasteiger partial charge in [-0.2, -0.15) is 0 Å². The van der Waals surface area contributed by atoms with Crippen LogP contribution >= 0.6 is 11.8 Å². The smallest absolute Gasteiger partial charge is 0.410 e. The zero-order chi connectivity index (χ0) is 43.3. The van der Waals surface area contributed by atoms with Crippen molar-refractivity contribution in [2.45, 2.75) is 80.6 Å². The molecule has 12 nitrogen and oxygen atoms in total. The van der Waals surface area contributed by atoms with Gasteiger partial charge in [0.15, 0.2) is 11.5 Å². The standard InChI is InChI=1S/C49H60N2O10S/c1-4-6-25-57-48(54)51(32-34-18-20-43-44(28-34)59-33-58-43)45-31-41(50-55-3)39-29-35(14-10-12-22-52)38(17-11-13-23-53)46-40-30-36(56-26-27-62-37-15-8-7-9-16-37)19-21-42(40)61-49(45,47(39)46)60-24-5-2/h4-5,7-9,15-16,18-21,28-30,35,38,45-47,52-53H,1-2,6,10-14,17,22-27,31-33H2,3H3. The van der Waals surface area contributed by atoms with Crippen molar-refractivity contribution in [3.63, 3.8) is 0 Å². The number of benzene rings is 3. The van der Waals surface area contributed by atoms with Crippen molar-refractivity contribution in [1.29, 1.82) is 0 Å². The van der Waals surface area contributed by atoms with Gasteiger partial charge in [-0.15, -0.1) is 24.9 Å². The molecule has 1 saturated carbocycles. The molecule has 1 fully saturated rings. The fraction of sp³-hybridized carbons (Fsp3) is 0.469. The molecule has 6 atom stereocenters. The molecule has 62 heavy (non-hydrogen) atoms. The summed E-state index contributed by atoms with van der Waals surface area (Å²) in [4.78, 5) is 23.1. The van der Waals surface area contributed by atoms with Gasteiger partial charge in [0.05, 0.1) is 31.5 Å². The maximum atomic E-state index is 14.6. The van der Waals surface area contributed by atoms with Gasteiger partial charge in [0.1, 0.15) is 24.7 Å². The molecule has 3 aromatic carbocycles. The Morgan fingerprint density at radius 2 is 1.74 bits per heavy atom. The van der Waals surface area contributed by atoms with Crippen LogP contribution in [0.4, 0.5) is 4.79 Å². The summed E-state index contributed by atoms with van der Waals surface area (Å²) in [7, 11) is 1.54. The highest BCUT2D eigenvalue weighted by atomic mass is 32.2. The van der Waals surface area contributed by atoms with Crippen LogP contribution in [0.2, 0.25) is 0 Å². The zero-order valence-electron chi connectivity index (χ0n) is 35.7. The normalized spacial score (nSPS) is 23.6. The minimum Gasteiger partial charge on any atom is -0.493 e. The lowest BCUT2D eigenvalue weighted by Gasteiger charge is -2.59. The van der Waals surface area contributed by atoms with Crippen LogP contribution in [0.15, 0.2) is 114 Å². The van der Waals surface area contributed by atoms with E-state index in [1.54, 1.807) is 28.8 Å². The highest BCUT2D eigenvalue weighted by molar-refractivity contribution is 7.99. The van der Waals surface area contributed by atoms with Gasteiger partial charge in [-0.25, -0.2) is 4.79 Å². The maximum absolute atomic E-state index is 14.6. The summed E-state index contributed by atoms with van der Waals surface area (Å²) in [5.74, 6) is 1.43. The molecule has 4 aliphatic rings. The van der Waals surface area contributed by atoms with Gasteiger partial charge in [-0.05, 0) is 97.5 Å². The van der Waals surface area contributed by atoms with E-state index in [0.717, 1.165) is 53.9 Å². The minimum atomic E-state index is -1.45. The summed E-state index contributed by atoms with van der Waals surface area (Å²) in [6, 6.07) is 21.2. The number of oxime groups is 1. The first-order valence-corrected chi connectivity index (χ1v) is 22.8. The van der Waals surface area contributed by atoms with Gasteiger partial charge in [0.2, 0.25) is 12.6 Å². The van der Waals surface area contributed by atoms with Crippen molar-refractivity contribution in [2.24, 2.45) is 22.9 Å². The number of hydrogen-bond donors (Lipinski definition) is 2. The number of fused-ring (bicyclic) bond motifs is 3. The van der Waals surface area contributed by atoms with E-state index in [2.05, 4.69) is 37.4 Å². The van der Waals surface area contributed by atoms with E-state index in [1.165, 1.54) is 12.0 Å². The Hall–Kier alpha value is -4.95. The first-order valence-electron chi connectivity index (χ1n) is 21.8. The number of allylic oxidation sites excluding steroid dienone is 1. The van der Waals surface area contributed by atoms with Crippen LogP contribution in [0.25, 0.3) is 0 Å². The topological polar surface area (TPSA) is 138 Å². The summed E-state index contributed by atoms with van der Waals surface area (Å²) in [5, 5.41) is 24.5. The highest BCUT2D eigenvalue weighted by Crippen LogP contribution is 2.62. The lowest BCUT2D eigenvalue weighted by atomic mass is 9.55. The monoisotopic (exact) mass is 868 g/mol. The molecule has 6 unspecified atom stereocenters. The van der Waals surface area contributed by atoms with Crippen molar-refractivity contribution >= 4 is 23.6 Å². The number of thioether (sulfide) groups is 1. The third-order valence-corrected chi connectivity index (χ3v) is 13.1. The quantitative estimate of drug-likeness (QED) is 0.0409. The SMILES string of the molecule is C=CCCOC(=O)N(Cc1ccc2c(c1)OCO2)C1CC(=NOC)C2=CC(CCCCO)C(CCCCO)C3c4cc(OCCSc5ccccc5)ccc4OC1(OCC=C)C23. The van der Waals surface area contributed by atoms with E-state index in [0.29, 0.717) is 48.8 Å². The van der Waals surface area contributed by atoms with E-state index in [9.17, 15) is 15.0 Å². The van der Waals surface area contributed by atoms with Crippen molar-refractivity contribution in [2.75, 3.05) is 52.7 Å². The summed E-state index contributed by atoms with van der Waals surface area (Å²) < 4.78 is 38.3. The molecule has 0 radical (unpaired) electrons. The van der Waals surface area contributed by atoms with Crippen LogP contribution in [0.3, 0.4) is 0 Å². The molecule has 0 aromatic heterocycles. The van der Waals surface area contributed by atoms with Crippen LogP contribution < -0.4 is 18.9 Å². The molecule has 3 aromatic rings. The van der Waals surface area contributed by atoms with Crippen LogP contribution in [0.1, 0.15) is 68.4 Å². The predicted molar refractivity (Wildman–Crippen MR) is 239 cm³/mol. The molecule has 2 heterocycles. The molecule has 2 aliphatic carbocycles. The molecule has 2 N–H and O–H groups in total. The molecule has 0 saturated heterocycles. The third-order valence-electron chi connectivity index (χ3n) is 12.2. The van der Waals surface area contributed by atoms with E-state index in [-0.39, 0.29) is 63.9 Å². The first kappa shape index (κ1) is 45.1. The molecule has 7 rings (SSSR count). The molecule has 332 valence electrons. The summed E-state index contributed by atoms with van der Waals surface area (Å²) in [6.07, 6.45) is 10.6. The molecular formula is C49H60N2O10S. The molecule has 1 amide bonds. The van der Waals surface area contributed by atoms with Crippen molar-refractivity contribution in [3.8, 4) is 23.0 Å². The number of rotatable bonds is 23. The Balaban J connectivity index is 1.37. The fourth-order valence-electron chi connectivity index (χ4n) is 9.53. The number of carbonyl (C=O) groups excluding carboxylic acids is 1. The Morgan fingerprint density at radius 3 is 2.52 bits per heavy atom. The molecule has 0 bridgehead atoms. The Kier molecular flexibility index (Phi) is 15.9. The summed E-state index contributed by atoms with van der Waals surface area (Å²) >= 11 is 1.74. The van der Waals surface area contributed by atoms with Gasteiger partial charge in [-0.1, -0.05) is 60.5 Å². The number of carbonyl (C=O) groups is 1. The Morgan fingerprint density at radius 1 is 0.952 bits per heavy atom. The number of aliphatic hydroxyl groups is 2. The maximum Gasteiger partial charge on any atom is 0.410 e. The van der Waals surface area contributed by atoms with Gasteiger partial charge < -0.3 is 43.5 Å². The number of aliphatic hydroxyl groups excluding tert-OH is 2. The largest absolute Gasteiger partial charge is 0.493 e. The number of amides is 1. The zero-order valence-corrected chi connectivity index (χ0v) is 36.5. The number of ether oxygens (including phenoxy) is 6.